The lowest BCUT2D eigenvalue weighted by Crippen LogP contribution is -2.46. The van der Waals surface area contributed by atoms with Gasteiger partial charge in [0.2, 0.25) is 5.28 Å². The van der Waals surface area contributed by atoms with E-state index in [1.54, 1.807) is 0 Å². The number of halogens is 1. The maximum Gasteiger partial charge on any atom is 0.225 e. The van der Waals surface area contributed by atoms with Crippen LogP contribution >= 0.6 is 22.9 Å². The van der Waals surface area contributed by atoms with Crippen LogP contribution in [0.3, 0.4) is 0 Å². The Morgan fingerprint density at radius 1 is 1.45 bits per heavy atom. The zero-order chi connectivity index (χ0) is 14.2. The van der Waals surface area contributed by atoms with Crippen molar-refractivity contribution >= 4 is 39.0 Å². The van der Waals surface area contributed by atoms with Gasteiger partial charge in [0.25, 0.3) is 0 Å². The number of aromatic nitrogens is 2. The second-order valence-electron chi connectivity index (χ2n) is 5.15. The molecule has 0 aromatic carbocycles. The minimum atomic E-state index is -0.729. The average molecular weight is 314 g/mol. The quantitative estimate of drug-likeness (QED) is 0.881. The number of fused-ring (bicyclic) bond motifs is 1. The first-order valence-electron chi connectivity index (χ1n) is 6.49. The number of hydrogen-bond donors (Lipinski definition) is 1. The summed E-state index contributed by atoms with van der Waals surface area (Å²) in [4.78, 5) is 11.3. The van der Waals surface area contributed by atoms with E-state index in [1.165, 1.54) is 11.3 Å². The van der Waals surface area contributed by atoms with Crippen LogP contribution in [0.15, 0.2) is 11.4 Å². The second kappa shape index (κ2) is 5.44. The lowest BCUT2D eigenvalue weighted by Gasteiger charge is -2.35. The SMILES string of the molecule is CN(CC1(O)CCOCC1)c1nc(Cl)nc2sccc12. The monoisotopic (exact) mass is 313 g/mol. The summed E-state index contributed by atoms with van der Waals surface area (Å²) in [5.74, 6) is 0.765. The first-order chi connectivity index (χ1) is 9.57. The first-order valence-corrected chi connectivity index (χ1v) is 7.75. The van der Waals surface area contributed by atoms with Crippen LogP contribution < -0.4 is 4.90 Å². The third-order valence-corrected chi connectivity index (χ3v) is 4.57. The molecule has 0 atom stereocenters. The van der Waals surface area contributed by atoms with Crippen LogP contribution in [0.1, 0.15) is 12.8 Å². The van der Waals surface area contributed by atoms with Crippen LogP contribution in [0, 0.1) is 0 Å². The number of thiophene rings is 1. The molecule has 3 heterocycles. The fourth-order valence-electron chi connectivity index (χ4n) is 2.53. The summed E-state index contributed by atoms with van der Waals surface area (Å²) in [5, 5.41) is 13.8. The molecule has 7 heteroatoms. The molecule has 2 aromatic heterocycles. The topological polar surface area (TPSA) is 58.5 Å². The highest BCUT2D eigenvalue weighted by molar-refractivity contribution is 7.16. The summed E-state index contributed by atoms with van der Waals surface area (Å²) >= 11 is 7.51. The van der Waals surface area contributed by atoms with Crippen molar-refractivity contribution in [3.63, 3.8) is 0 Å². The molecular weight excluding hydrogens is 298 g/mol. The second-order valence-corrected chi connectivity index (χ2v) is 6.38. The van der Waals surface area contributed by atoms with Crippen molar-refractivity contribution in [2.45, 2.75) is 18.4 Å². The van der Waals surface area contributed by atoms with Crippen molar-refractivity contribution in [3.8, 4) is 0 Å². The van der Waals surface area contributed by atoms with Crippen LogP contribution in [0.25, 0.3) is 10.2 Å². The van der Waals surface area contributed by atoms with E-state index in [2.05, 4.69) is 9.97 Å². The number of rotatable bonds is 3. The molecule has 1 fully saturated rings. The Morgan fingerprint density at radius 3 is 2.95 bits per heavy atom. The van der Waals surface area contributed by atoms with Crippen molar-refractivity contribution < 1.29 is 9.84 Å². The van der Waals surface area contributed by atoms with E-state index in [9.17, 15) is 5.11 Å². The fourth-order valence-corrected chi connectivity index (χ4v) is 3.50. The van der Waals surface area contributed by atoms with Crippen LogP contribution in [-0.4, -0.2) is 47.5 Å². The summed E-state index contributed by atoms with van der Waals surface area (Å²) in [7, 11) is 1.92. The zero-order valence-corrected chi connectivity index (χ0v) is 12.7. The van der Waals surface area contributed by atoms with E-state index < -0.39 is 5.60 Å². The van der Waals surface area contributed by atoms with Gasteiger partial charge in [0.15, 0.2) is 0 Å². The molecule has 20 heavy (non-hydrogen) atoms. The molecule has 5 nitrogen and oxygen atoms in total. The maximum absolute atomic E-state index is 10.6. The highest BCUT2D eigenvalue weighted by Gasteiger charge is 2.32. The molecule has 0 amide bonds. The van der Waals surface area contributed by atoms with Gasteiger partial charge in [-0.25, -0.2) is 4.98 Å². The Kier molecular flexibility index (Phi) is 3.81. The summed E-state index contributed by atoms with van der Waals surface area (Å²) < 4.78 is 5.31. The molecule has 1 N–H and O–H groups in total. The van der Waals surface area contributed by atoms with Gasteiger partial charge in [-0.2, -0.15) is 4.98 Å². The molecule has 108 valence electrons. The minimum absolute atomic E-state index is 0.237. The van der Waals surface area contributed by atoms with Gasteiger partial charge in [0.1, 0.15) is 10.6 Å². The molecule has 2 aromatic rings. The Hall–Kier alpha value is -0.950. The highest BCUT2D eigenvalue weighted by atomic mass is 35.5. The minimum Gasteiger partial charge on any atom is -0.388 e. The van der Waals surface area contributed by atoms with Crippen molar-refractivity contribution in [1.82, 2.24) is 9.97 Å². The Morgan fingerprint density at radius 2 is 2.20 bits per heavy atom. The van der Waals surface area contributed by atoms with E-state index in [-0.39, 0.29) is 5.28 Å². The van der Waals surface area contributed by atoms with Crippen molar-refractivity contribution in [3.05, 3.63) is 16.7 Å². The molecular formula is C13H16ClN3O2S. The molecule has 1 saturated heterocycles. The van der Waals surface area contributed by atoms with Gasteiger partial charge in [-0.1, -0.05) is 0 Å². The standard InChI is InChI=1S/C13H16ClN3O2S/c1-17(8-13(18)3-5-19-6-4-13)10-9-2-7-20-11(9)16-12(14)15-10/h2,7,18H,3-6,8H2,1H3. The number of aliphatic hydroxyl groups is 1. The van der Waals surface area contributed by atoms with Gasteiger partial charge in [-0.3, -0.25) is 0 Å². The molecule has 0 saturated carbocycles. The number of nitrogens with zero attached hydrogens (tertiary/aromatic N) is 3. The van der Waals surface area contributed by atoms with Crippen molar-refractivity contribution in [2.75, 3.05) is 31.7 Å². The Bertz CT molecular complexity index is 613. The summed E-state index contributed by atoms with van der Waals surface area (Å²) in [5.41, 5.74) is -0.729. The molecule has 3 rings (SSSR count). The predicted molar refractivity (Wildman–Crippen MR) is 80.7 cm³/mol. The summed E-state index contributed by atoms with van der Waals surface area (Å²) in [6.45, 7) is 1.71. The first kappa shape index (κ1) is 14.0. The summed E-state index contributed by atoms with van der Waals surface area (Å²) in [6.07, 6.45) is 1.28. The van der Waals surface area contributed by atoms with Gasteiger partial charge < -0.3 is 14.7 Å². The van der Waals surface area contributed by atoms with Crippen molar-refractivity contribution in [2.24, 2.45) is 0 Å². The van der Waals surface area contributed by atoms with Crippen molar-refractivity contribution in [1.29, 1.82) is 0 Å². The van der Waals surface area contributed by atoms with Crippen LogP contribution in [-0.2, 0) is 4.74 Å². The van der Waals surface area contributed by atoms with Gasteiger partial charge in [-0.05, 0) is 23.0 Å². The molecule has 0 aliphatic carbocycles. The highest BCUT2D eigenvalue weighted by Crippen LogP contribution is 2.30. The smallest absolute Gasteiger partial charge is 0.225 e. The fraction of sp³-hybridized carbons (Fsp3) is 0.538. The predicted octanol–water partition coefficient (Wildman–Crippen LogP) is 2.32. The third-order valence-electron chi connectivity index (χ3n) is 3.59. The Balaban J connectivity index is 1.88. The van der Waals surface area contributed by atoms with Gasteiger partial charge >= 0.3 is 0 Å². The molecule has 0 spiro atoms. The Labute approximate surface area is 126 Å². The number of anilines is 1. The normalized spacial score (nSPS) is 18.4. The van der Waals surface area contributed by atoms with Gasteiger partial charge in [-0.15, -0.1) is 11.3 Å². The lowest BCUT2D eigenvalue weighted by atomic mass is 9.94. The van der Waals surface area contributed by atoms with Crippen LogP contribution in [0.5, 0.6) is 0 Å². The lowest BCUT2D eigenvalue weighted by molar-refractivity contribution is -0.0573. The maximum atomic E-state index is 10.6. The molecule has 1 aliphatic heterocycles. The largest absolute Gasteiger partial charge is 0.388 e. The van der Waals surface area contributed by atoms with E-state index in [4.69, 9.17) is 16.3 Å². The third kappa shape index (κ3) is 2.74. The van der Waals surface area contributed by atoms with E-state index in [0.717, 1.165) is 16.0 Å². The molecule has 1 aliphatic rings. The van der Waals surface area contributed by atoms with E-state index >= 15 is 0 Å². The number of ether oxygens (including phenoxy) is 1. The molecule has 0 bridgehead atoms. The average Bonchev–Trinajstić information content (AvgIpc) is 2.85. The van der Waals surface area contributed by atoms with Gasteiger partial charge in [0.05, 0.1) is 11.0 Å². The zero-order valence-electron chi connectivity index (χ0n) is 11.2. The van der Waals surface area contributed by atoms with Gasteiger partial charge in [0, 0.05) is 39.6 Å². The van der Waals surface area contributed by atoms with E-state index in [1.807, 2.05) is 23.4 Å². The number of hydrogen-bond acceptors (Lipinski definition) is 6. The van der Waals surface area contributed by atoms with Crippen LogP contribution in [0.4, 0.5) is 5.82 Å². The van der Waals surface area contributed by atoms with Crippen LogP contribution in [0.2, 0.25) is 5.28 Å². The molecule has 0 radical (unpaired) electrons. The van der Waals surface area contributed by atoms with E-state index in [0.29, 0.717) is 32.6 Å². The molecule has 0 unspecified atom stereocenters. The number of likely N-dealkylation sites (N-methyl/N-ethyl adjacent to an activating group) is 1. The summed E-state index contributed by atoms with van der Waals surface area (Å²) in [6, 6.07) is 1.98.